The van der Waals surface area contributed by atoms with Crippen molar-refractivity contribution in [3.63, 3.8) is 0 Å². The minimum atomic E-state index is -1.49. The Bertz CT molecular complexity index is 1120. The van der Waals surface area contributed by atoms with E-state index in [1.54, 1.807) is 12.1 Å². The van der Waals surface area contributed by atoms with Gasteiger partial charge >= 0.3 is 5.97 Å². The number of nitrogens with one attached hydrogen (secondary N) is 3. The zero-order valence-electron chi connectivity index (χ0n) is 19.7. The highest BCUT2D eigenvalue weighted by atomic mass is 16.4. The van der Waals surface area contributed by atoms with E-state index in [0.717, 1.165) is 0 Å². The predicted molar refractivity (Wildman–Crippen MR) is 130 cm³/mol. The van der Waals surface area contributed by atoms with Gasteiger partial charge in [0.2, 0.25) is 23.6 Å². The molecule has 10 N–H and O–H groups in total. The van der Waals surface area contributed by atoms with Crippen LogP contribution in [-0.2, 0) is 36.8 Å². The van der Waals surface area contributed by atoms with E-state index in [0.29, 0.717) is 11.1 Å². The van der Waals surface area contributed by atoms with Crippen molar-refractivity contribution >= 4 is 29.6 Å². The van der Waals surface area contributed by atoms with Crippen LogP contribution in [0.15, 0.2) is 48.5 Å². The van der Waals surface area contributed by atoms with Crippen LogP contribution in [0.2, 0.25) is 0 Å². The number of carboxylic acid groups (broad SMARTS) is 1. The summed E-state index contributed by atoms with van der Waals surface area (Å²) in [5.74, 6) is -4.70. The van der Waals surface area contributed by atoms with E-state index >= 15 is 0 Å². The molecule has 3 atom stereocenters. The molecule has 4 amide bonds. The standard InChI is InChI=1S/C24H29N5O8/c25-17(9-13-1-5-15(30)6-2-13)22(34)27-12-21(33)28-18(11-20(26)32)23(35)29-19(24(36)37)10-14-3-7-16(31)8-4-14/h1-8,17-19,30-31H,9-12,25H2,(H2,26,32)(H,27,34)(H,28,33)(H,29,35)(H,36,37). The van der Waals surface area contributed by atoms with E-state index in [-0.39, 0.29) is 24.3 Å². The minimum absolute atomic E-state index is 0.0164. The number of carbonyl (C=O) groups is 5. The van der Waals surface area contributed by atoms with Crippen molar-refractivity contribution in [2.45, 2.75) is 37.4 Å². The summed E-state index contributed by atoms with van der Waals surface area (Å²) in [6.07, 6.45) is -0.608. The average Bonchev–Trinajstić information content (AvgIpc) is 2.83. The molecule has 0 fully saturated rings. The lowest BCUT2D eigenvalue weighted by atomic mass is 10.0. The van der Waals surface area contributed by atoms with Gasteiger partial charge in [-0.05, 0) is 41.8 Å². The zero-order chi connectivity index (χ0) is 27.5. The van der Waals surface area contributed by atoms with E-state index in [1.165, 1.54) is 36.4 Å². The second-order valence-corrected chi connectivity index (χ2v) is 8.26. The number of amides is 4. The van der Waals surface area contributed by atoms with Crippen molar-refractivity contribution in [1.82, 2.24) is 16.0 Å². The first-order valence-electron chi connectivity index (χ1n) is 11.1. The van der Waals surface area contributed by atoms with E-state index in [2.05, 4.69) is 16.0 Å². The number of aromatic hydroxyl groups is 2. The van der Waals surface area contributed by atoms with Crippen molar-refractivity contribution in [3.8, 4) is 11.5 Å². The Hall–Kier alpha value is -4.65. The second kappa shape index (κ2) is 13.4. The lowest BCUT2D eigenvalue weighted by Gasteiger charge is -2.21. The van der Waals surface area contributed by atoms with Crippen LogP contribution >= 0.6 is 0 Å². The molecule has 0 radical (unpaired) electrons. The second-order valence-electron chi connectivity index (χ2n) is 8.26. The Morgan fingerprint density at radius 1 is 0.757 bits per heavy atom. The first-order chi connectivity index (χ1) is 17.4. The lowest BCUT2D eigenvalue weighted by Crippen LogP contribution is -2.55. The Kier molecular flexibility index (Phi) is 10.4. The van der Waals surface area contributed by atoms with Gasteiger partial charge in [-0.25, -0.2) is 4.79 Å². The molecule has 13 heteroatoms. The number of primary amides is 1. The fourth-order valence-corrected chi connectivity index (χ4v) is 3.27. The van der Waals surface area contributed by atoms with E-state index in [4.69, 9.17) is 11.5 Å². The van der Waals surface area contributed by atoms with E-state index in [9.17, 15) is 39.3 Å². The zero-order valence-corrected chi connectivity index (χ0v) is 19.7. The Morgan fingerprint density at radius 3 is 1.76 bits per heavy atom. The topological polar surface area (TPSA) is 234 Å². The molecule has 0 aliphatic rings. The largest absolute Gasteiger partial charge is 0.508 e. The first-order valence-corrected chi connectivity index (χ1v) is 11.1. The van der Waals surface area contributed by atoms with Gasteiger partial charge in [0.1, 0.15) is 23.6 Å². The van der Waals surface area contributed by atoms with Crippen molar-refractivity contribution < 1.29 is 39.3 Å². The molecule has 0 heterocycles. The van der Waals surface area contributed by atoms with Crippen LogP contribution in [0.3, 0.4) is 0 Å². The number of carboxylic acids is 1. The third-order valence-electron chi connectivity index (χ3n) is 5.20. The Balaban J connectivity index is 1.94. The highest BCUT2D eigenvalue weighted by Gasteiger charge is 2.28. The molecular weight excluding hydrogens is 486 g/mol. The van der Waals surface area contributed by atoms with E-state index < -0.39 is 60.7 Å². The predicted octanol–water partition coefficient (Wildman–Crippen LogP) is -1.74. The van der Waals surface area contributed by atoms with Gasteiger partial charge in [0, 0.05) is 6.42 Å². The van der Waals surface area contributed by atoms with Crippen LogP contribution in [0.25, 0.3) is 0 Å². The highest BCUT2D eigenvalue weighted by molar-refractivity contribution is 5.95. The van der Waals surface area contributed by atoms with Crippen LogP contribution in [0.4, 0.5) is 0 Å². The fraction of sp³-hybridized carbons (Fsp3) is 0.292. The summed E-state index contributed by atoms with van der Waals surface area (Å²) in [5.41, 5.74) is 12.2. The maximum absolute atomic E-state index is 12.7. The van der Waals surface area contributed by atoms with Crippen molar-refractivity contribution in [3.05, 3.63) is 59.7 Å². The Labute approximate surface area is 211 Å². The maximum atomic E-state index is 12.7. The van der Waals surface area contributed by atoms with Gasteiger partial charge in [0.05, 0.1) is 19.0 Å². The average molecular weight is 516 g/mol. The molecular formula is C24H29N5O8. The molecule has 0 bridgehead atoms. The van der Waals surface area contributed by atoms with Crippen molar-refractivity contribution in [1.29, 1.82) is 0 Å². The third kappa shape index (κ3) is 9.85. The molecule has 0 aliphatic heterocycles. The molecule has 2 aromatic rings. The summed E-state index contributed by atoms with van der Waals surface area (Å²) < 4.78 is 0. The maximum Gasteiger partial charge on any atom is 0.326 e. The van der Waals surface area contributed by atoms with Gasteiger partial charge in [0.15, 0.2) is 0 Å². The van der Waals surface area contributed by atoms with Crippen LogP contribution in [0.5, 0.6) is 11.5 Å². The van der Waals surface area contributed by atoms with Crippen LogP contribution < -0.4 is 27.4 Å². The summed E-state index contributed by atoms with van der Waals surface area (Å²) >= 11 is 0. The smallest absolute Gasteiger partial charge is 0.326 e. The van der Waals surface area contributed by atoms with Crippen LogP contribution in [-0.4, -0.2) is 69.6 Å². The van der Waals surface area contributed by atoms with Crippen LogP contribution in [0, 0.1) is 0 Å². The molecule has 0 aromatic heterocycles. The number of hydrogen-bond acceptors (Lipinski definition) is 8. The van der Waals surface area contributed by atoms with Gasteiger partial charge in [-0.15, -0.1) is 0 Å². The molecule has 0 saturated heterocycles. The van der Waals surface area contributed by atoms with Gasteiger partial charge < -0.3 is 42.7 Å². The lowest BCUT2D eigenvalue weighted by molar-refractivity contribution is -0.142. The van der Waals surface area contributed by atoms with Gasteiger partial charge in [-0.2, -0.15) is 0 Å². The summed E-state index contributed by atoms with van der Waals surface area (Å²) in [6.45, 7) is -0.569. The summed E-state index contributed by atoms with van der Waals surface area (Å²) in [6, 6.07) is 7.85. The molecule has 0 spiro atoms. The molecule has 3 unspecified atom stereocenters. The summed E-state index contributed by atoms with van der Waals surface area (Å²) in [7, 11) is 0. The molecule has 2 rings (SSSR count). The van der Waals surface area contributed by atoms with Gasteiger partial charge in [-0.1, -0.05) is 24.3 Å². The normalized spacial score (nSPS) is 13.0. The molecule has 0 aliphatic carbocycles. The summed E-state index contributed by atoms with van der Waals surface area (Å²) in [4.78, 5) is 60.3. The molecule has 198 valence electrons. The quantitative estimate of drug-likeness (QED) is 0.151. The Morgan fingerprint density at radius 2 is 1.27 bits per heavy atom. The number of hydrogen-bond donors (Lipinski definition) is 8. The molecule has 37 heavy (non-hydrogen) atoms. The number of phenols is 2. The monoisotopic (exact) mass is 515 g/mol. The van der Waals surface area contributed by atoms with Gasteiger partial charge in [0.25, 0.3) is 0 Å². The minimum Gasteiger partial charge on any atom is -0.508 e. The van der Waals surface area contributed by atoms with Gasteiger partial charge in [-0.3, -0.25) is 19.2 Å². The van der Waals surface area contributed by atoms with E-state index in [1.807, 2.05) is 0 Å². The number of rotatable bonds is 13. The number of benzene rings is 2. The molecule has 13 nitrogen and oxygen atoms in total. The van der Waals surface area contributed by atoms with Crippen LogP contribution in [0.1, 0.15) is 17.5 Å². The number of nitrogens with two attached hydrogens (primary N) is 2. The van der Waals surface area contributed by atoms with Crippen molar-refractivity contribution in [2.24, 2.45) is 11.5 Å². The number of carbonyl (C=O) groups excluding carboxylic acids is 4. The fourth-order valence-electron chi connectivity index (χ4n) is 3.27. The molecule has 2 aromatic carbocycles. The number of aliphatic carboxylic acids is 1. The SMILES string of the molecule is NC(=O)CC(NC(=O)CNC(=O)C(N)Cc1ccc(O)cc1)C(=O)NC(Cc1ccc(O)cc1)C(=O)O. The third-order valence-corrected chi connectivity index (χ3v) is 5.20. The number of phenolic OH excluding ortho intramolecular Hbond substituents is 2. The summed E-state index contributed by atoms with van der Waals surface area (Å²) in [5, 5.41) is 35.0. The first kappa shape index (κ1) is 28.6. The molecule has 0 saturated carbocycles. The highest BCUT2D eigenvalue weighted by Crippen LogP contribution is 2.12. The van der Waals surface area contributed by atoms with Crippen molar-refractivity contribution in [2.75, 3.05) is 6.54 Å².